The molecule has 0 heterocycles. The molecule has 1 fully saturated rings. The molecule has 17 heavy (non-hydrogen) atoms. The Morgan fingerprint density at radius 1 is 1.47 bits per heavy atom. The summed E-state index contributed by atoms with van der Waals surface area (Å²) in [5.41, 5.74) is 5.97. The van der Waals surface area contributed by atoms with Gasteiger partial charge in [-0.15, -0.1) is 0 Å². The number of hydrogen-bond donors (Lipinski definition) is 1. The summed E-state index contributed by atoms with van der Waals surface area (Å²) in [7, 11) is 0. The van der Waals surface area contributed by atoms with Gasteiger partial charge in [-0.25, -0.2) is 4.39 Å². The van der Waals surface area contributed by atoms with Crippen LogP contribution < -0.4 is 5.73 Å². The monoisotopic (exact) mass is 255 g/mol. The largest absolute Gasteiger partial charge is 0.329 e. The second-order valence-corrected chi connectivity index (χ2v) is 5.09. The molecule has 2 rings (SSSR count). The van der Waals surface area contributed by atoms with E-state index in [0.29, 0.717) is 12.1 Å². The predicted molar refractivity (Wildman–Crippen MR) is 65.5 cm³/mol. The summed E-state index contributed by atoms with van der Waals surface area (Å²) in [6.07, 6.45) is 3.01. The van der Waals surface area contributed by atoms with Gasteiger partial charge < -0.3 is 5.73 Å². The smallest absolute Gasteiger partial charge is 0.144 e. The molecule has 92 valence electrons. The van der Waals surface area contributed by atoms with Crippen molar-refractivity contribution >= 4 is 17.4 Å². The Kier molecular flexibility index (Phi) is 3.50. The SMILES string of the molecule is NCC1(C(=O)Cc2ccc(Cl)c(F)c2)CCC1. The normalized spacial score (nSPS) is 17.6. The minimum absolute atomic E-state index is 0.0818. The van der Waals surface area contributed by atoms with Gasteiger partial charge in [0, 0.05) is 18.4 Å². The lowest BCUT2D eigenvalue weighted by atomic mass is 9.65. The summed E-state index contributed by atoms with van der Waals surface area (Å²) >= 11 is 5.59. The second-order valence-electron chi connectivity index (χ2n) is 4.69. The molecule has 2 nitrogen and oxygen atoms in total. The minimum Gasteiger partial charge on any atom is -0.329 e. The Bertz CT molecular complexity index is 438. The third kappa shape index (κ3) is 2.35. The molecule has 0 spiro atoms. The molecule has 0 aliphatic heterocycles. The Morgan fingerprint density at radius 2 is 2.18 bits per heavy atom. The first-order valence-electron chi connectivity index (χ1n) is 5.75. The average molecular weight is 256 g/mol. The van der Waals surface area contributed by atoms with E-state index in [2.05, 4.69) is 0 Å². The number of hydrogen-bond acceptors (Lipinski definition) is 2. The van der Waals surface area contributed by atoms with Crippen molar-refractivity contribution in [3.05, 3.63) is 34.6 Å². The highest BCUT2D eigenvalue weighted by atomic mass is 35.5. The summed E-state index contributed by atoms with van der Waals surface area (Å²) in [6.45, 7) is 0.391. The quantitative estimate of drug-likeness (QED) is 0.899. The van der Waals surface area contributed by atoms with Crippen LogP contribution in [0.15, 0.2) is 18.2 Å². The Hall–Kier alpha value is -0.930. The molecule has 0 saturated heterocycles. The van der Waals surface area contributed by atoms with Crippen molar-refractivity contribution < 1.29 is 9.18 Å². The van der Waals surface area contributed by atoms with E-state index in [1.54, 1.807) is 6.07 Å². The fourth-order valence-electron chi connectivity index (χ4n) is 2.22. The van der Waals surface area contributed by atoms with Crippen LogP contribution in [0.4, 0.5) is 4.39 Å². The summed E-state index contributed by atoms with van der Waals surface area (Å²) in [6, 6.07) is 4.49. The van der Waals surface area contributed by atoms with Gasteiger partial charge in [0.2, 0.25) is 0 Å². The third-order valence-electron chi connectivity index (χ3n) is 3.64. The van der Waals surface area contributed by atoms with Crippen LogP contribution in [0.25, 0.3) is 0 Å². The van der Waals surface area contributed by atoms with Crippen molar-refractivity contribution in [3.8, 4) is 0 Å². The third-order valence-corrected chi connectivity index (χ3v) is 3.95. The molecule has 0 aromatic heterocycles. The van der Waals surface area contributed by atoms with Gasteiger partial charge in [0.1, 0.15) is 11.6 Å². The van der Waals surface area contributed by atoms with Crippen molar-refractivity contribution in [1.29, 1.82) is 0 Å². The van der Waals surface area contributed by atoms with Crippen LogP contribution in [0, 0.1) is 11.2 Å². The molecule has 0 amide bonds. The van der Waals surface area contributed by atoms with E-state index in [1.165, 1.54) is 12.1 Å². The zero-order valence-electron chi connectivity index (χ0n) is 9.51. The van der Waals surface area contributed by atoms with E-state index in [0.717, 1.165) is 19.3 Å². The summed E-state index contributed by atoms with van der Waals surface area (Å²) < 4.78 is 13.2. The van der Waals surface area contributed by atoms with Gasteiger partial charge in [-0.3, -0.25) is 4.79 Å². The van der Waals surface area contributed by atoms with Gasteiger partial charge in [-0.2, -0.15) is 0 Å². The minimum atomic E-state index is -0.479. The highest BCUT2D eigenvalue weighted by Crippen LogP contribution is 2.41. The van der Waals surface area contributed by atoms with Crippen LogP contribution in [0.3, 0.4) is 0 Å². The second kappa shape index (κ2) is 4.75. The van der Waals surface area contributed by atoms with Gasteiger partial charge in [0.05, 0.1) is 5.02 Å². The lowest BCUT2D eigenvalue weighted by molar-refractivity contribution is -0.132. The molecule has 2 N–H and O–H groups in total. The first kappa shape index (κ1) is 12.5. The standard InChI is InChI=1S/C13H15ClFNO/c14-10-3-2-9(6-11(10)15)7-12(17)13(8-16)4-1-5-13/h2-3,6H,1,4-5,7-8,16H2. The van der Waals surface area contributed by atoms with Crippen LogP contribution in [-0.2, 0) is 11.2 Å². The fourth-order valence-corrected chi connectivity index (χ4v) is 2.34. The number of Topliss-reactive ketones (excluding diaryl/α,β-unsaturated/α-hetero) is 1. The van der Waals surface area contributed by atoms with Gasteiger partial charge in [-0.1, -0.05) is 24.1 Å². The van der Waals surface area contributed by atoms with E-state index < -0.39 is 5.82 Å². The van der Waals surface area contributed by atoms with E-state index in [1.807, 2.05) is 0 Å². The summed E-state index contributed by atoms with van der Waals surface area (Å²) in [5, 5.41) is 0.0818. The molecular weight excluding hydrogens is 241 g/mol. The Morgan fingerprint density at radius 3 is 2.65 bits per heavy atom. The number of rotatable bonds is 4. The van der Waals surface area contributed by atoms with Crippen LogP contribution in [0.2, 0.25) is 5.02 Å². The highest BCUT2D eigenvalue weighted by Gasteiger charge is 2.41. The first-order chi connectivity index (χ1) is 8.07. The number of benzene rings is 1. The predicted octanol–water partition coefficient (Wildman–Crippen LogP) is 2.72. The van der Waals surface area contributed by atoms with E-state index in [9.17, 15) is 9.18 Å². The highest BCUT2D eigenvalue weighted by molar-refractivity contribution is 6.30. The Balaban J connectivity index is 2.10. The van der Waals surface area contributed by atoms with Crippen LogP contribution >= 0.6 is 11.6 Å². The maximum Gasteiger partial charge on any atom is 0.144 e. The average Bonchev–Trinajstić information content (AvgIpc) is 2.23. The van der Waals surface area contributed by atoms with Crippen LogP contribution in [-0.4, -0.2) is 12.3 Å². The number of carbonyl (C=O) groups is 1. The maximum absolute atomic E-state index is 13.2. The van der Waals surface area contributed by atoms with Crippen molar-refractivity contribution in [2.45, 2.75) is 25.7 Å². The molecule has 0 atom stereocenters. The maximum atomic E-state index is 13.2. The molecule has 0 radical (unpaired) electrons. The molecule has 1 aliphatic rings. The zero-order chi connectivity index (χ0) is 12.5. The van der Waals surface area contributed by atoms with Crippen molar-refractivity contribution in [3.63, 3.8) is 0 Å². The Labute approximate surface area is 105 Å². The number of nitrogens with two attached hydrogens (primary N) is 1. The summed E-state index contributed by atoms with van der Waals surface area (Å²) in [4.78, 5) is 12.1. The molecule has 4 heteroatoms. The van der Waals surface area contributed by atoms with Crippen molar-refractivity contribution in [2.24, 2.45) is 11.1 Å². The van der Waals surface area contributed by atoms with Gasteiger partial charge in [0.15, 0.2) is 0 Å². The first-order valence-corrected chi connectivity index (χ1v) is 6.12. The molecule has 1 aromatic carbocycles. The van der Waals surface area contributed by atoms with Crippen molar-refractivity contribution in [2.75, 3.05) is 6.54 Å². The lowest BCUT2D eigenvalue weighted by Gasteiger charge is -2.39. The van der Waals surface area contributed by atoms with Crippen molar-refractivity contribution in [1.82, 2.24) is 0 Å². The fraction of sp³-hybridized carbons (Fsp3) is 0.462. The lowest BCUT2D eigenvalue weighted by Crippen LogP contribution is -2.45. The van der Waals surface area contributed by atoms with E-state index in [4.69, 9.17) is 17.3 Å². The van der Waals surface area contributed by atoms with Gasteiger partial charge >= 0.3 is 0 Å². The van der Waals surface area contributed by atoms with Gasteiger partial charge in [0.25, 0.3) is 0 Å². The molecule has 1 saturated carbocycles. The molecule has 1 aromatic rings. The van der Waals surface area contributed by atoms with E-state index >= 15 is 0 Å². The topological polar surface area (TPSA) is 43.1 Å². The molecular formula is C13H15ClFNO. The number of carbonyl (C=O) groups excluding carboxylic acids is 1. The van der Waals surface area contributed by atoms with Crippen LogP contribution in [0.5, 0.6) is 0 Å². The van der Waals surface area contributed by atoms with Gasteiger partial charge in [-0.05, 0) is 30.5 Å². The molecule has 0 unspecified atom stereocenters. The molecule has 0 bridgehead atoms. The summed E-state index contributed by atoms with van der Waals surface area (Å²) in [5.74, 6) is -0.361. The molecule has 1 aliphatic carbocycles. The number of ketones is 1. The van der Waals surface area contributed by atoms with Crippen LogP contribution in [0.1, 0.15) is 24.8 Å². The zero-order valence-corrected chi connectivity index (χ0v) is 10.3. The number of halogens is 2. The van der Waals surface area contributed by atoms with E-state index in [-0.39, 0.29) is 22.6 Å².